The van der Waals surface area contributed by atoms with Crippen molar-refractivity contribution in [3.8, 4) is 11.3 Å². The molecule has 1 aliphatic rings. The van der Waals surface area contributed by atoms with Crippen LogP contribution in [0.25, 0.3) is 22.3 Å². The molecular weight excluding hydrogens is 394 g/mol. The minimum atomic E-state index is -0.194. The molecule has 1 saturated carbocycles. The monoisotopic (exact) mass is 415 g/mol. The van der Waals surface area contributed by atoms with Crippen molar-refractivity contribution in [2.75, 3.05) is 24.7 Å². The number of halogens is 1. The summed E-state index contributed by atoms with van der Waals surface area (Å²) in [5.41, 5.74) is 7.39. The third-order valence-electron chi connectivity index (χ3n) is 5.28. The second kappa shape index (κ2) is 7.88. The molecule has 3 aromatic rings. The lowest BCUT2D eigenvalue weighted by molar-refractivity contribution is 0.0963. The number of aromatic nitrogens is 2. The van der Waals surface area contributed by atoms with Gasteiger partial charge in [-0.1, -0.05) is 17.7 Å². The minimum absolute atomic E-state index is 0.0657. The zero-order chi connectivity index (χ0) is 20.5. The summed E-state index contributed by atoms with van der Waals surface area (Å²) in [6.07, 6.45) is 2.71. The Morgan fingerprint density at radius 2 is 2.17 bits per heavy atom. The number of rotatable bonds is 5. The van der Waals surface area contributed by atoms with E-state index in [0.29, 0.717) is 28.3 Å². The number of carbonyl (C=O) groups excluding carboxylic acids is 1. The Labute approximate surface area is 172 Å². The first-order valence-corrected chi connectivity index (χ1v) is 9.82. The fourth-order valence-corrected chi connectivity index (χ4v) is 4.05. The molecule has 0 bridgehead atoms. The summed E-state index contributed by atoms with van der Waals surface area (Å²) >= 11 is 6.41. The molecule has 2 heterocycles. The lowest BCUT2D eigenvalue weighted by Gasteiger charge is -2.16. The summed E-state index contributed by atoms with van der Waals surface area (Å²) in [6, 6.07) is 7.21. The van der Waals surface area contributed by atoms with Gasteiger partial charge < -0.3 is 25.9 Å². The maximum Gasteiger partial charge on any atom is 0.251 e. The topological polar surface area (TPSA) is 126 Å². The maximum absolute atomic E-state index is 11.9. The van der Waals surface area contributed by atoms with E-state index in [9.17, 15) is 9.90 Å². The second-order valence-electron chi connectivity index (χ2n) is 7.24. The van der Waals surface area contributed by atoms with Crippen LogP contribution in [0.15, 0.2) is 28.7 Å². The molecule has 2 atom stereocenters. The van der Waals surface area contributed by atoms with Crippen LogP contribution in [0, 0.1) is 5.92 Å². The van der Waals surface area contributed by atoms with Gasteiger partial charge in [-0.25, -0.2) is 4.98 Å². The zero-order valence-electron chi connectivity index (χ0n) is 15.9. The van der Waals surface area contributed by atoms with E-state index in [1.165, 1.54) is 0 Å². The van der Waals surface area contributed by atoms with Gasteiger partial charge in [0.05, 0.1) is 5.56 Å². The van der Waals surface area contributed by atoms with E-state index in [0.717, 1.165) is 24.6 Å². The molecule has 0 spiro atoms. The number of nitrogens with one attached hydrogen (secondary N) is 2. The lowest BCUT2D eigenvalue weighted by atomic mass is 10.1. The van der Waals surface area contributed by atoms with Gasteiger partial charge in [0.15, 0.2) is 0 Å². The predicted molar refractivity (Wildman–Crippen MR) is 112 cm³/mol. The highest BCUT2D eigenvalue weighted by molar-refractivity contribution is 6.32. The summed E-state index contributed by atoms with van der Waals surface area (Å²) in [4.78, 5) is 20.3. The smallest absolute Gasteiger partial charge is 0.251 e. The van der Waals surface area contributed by atoms with E-state index >= 15 is 0 Å². The lowest BCUT2D eigenvalue weighted by Crippen LogP contribution is -2.18. The van der Waals surface area contributed by atoms with Crippen LogP contribution >= 0.6 is 11.6 Å². The fraction of sp³-hybridized carbons (Fsp3) is 0.350. The molecule has 0 unspecified atom stereocenters. The first kappa shape index (κ1) is 19.5. The number of amides is 1. The predicted octanol–water partition coefficient (Wildman–Crippen LogP) is 3.06. The van der Waals surface area contributed by atoms with Crippen molar-refractivity contribution >= 4 is 40.2 Å². The SMILES string of the molecule is CNC(=O)c1ccc2cc(-c3c(Cl)nc(N)nc3N[C@H]3CC[C@@H](CO)C3)oc2c1. The summed E-state index contributed by atoms with van der Waals surface area (Å²) in [7, 11) is 1.58. The molecule has 0 aliphatic heterocycles. The Kier molecular flexibility index (Phi) is 5.29. The number of anilines is 2. The van der Waals surface area contributed by atoms with Crippen LogP contribution in [0.3, 0.4) is 0 Å². The van der Waals surface area contributed by atoms with Crippen LogP contribution in [0.4, 0.5) is 11.8 Å². The van der Waals surface area contributed by atoms with Gasteiger partial charge in [-0.05, 0) is 43.4 Å². The fourth-order valence-electron chi connectivity index (χ4n) is 3.78. The van der Waals surface area contributed by atoms with Gasteiger partial charge in [0.2, 0.25) is 5.95 Å². The molecule has 0 saturated heterocycles. The Bertz CT molecular complexity index is 1070. The number of aliphatic hydroxyl groups excluding tert-OH is 1. The molecule has 1 aromatic carbocycles. The number of nitrogen functional groups attached to an aromatic ring is 1. The molecule has 8 nitrogen and oxygen atoms in total. The number of nitrogens with zero attached hydrogens (tertiary/aromatic N) is 2. The molecule has 152 valence electrons. The van der Waals surface area contributed by atoms with E-state index in [2.05, 4.69) is 20.6 Å². The summed E-state index contributed by atoms with van der Waals surface area (Å²) in [6.45, 7) is 0.176. The van der Waals surface area contributed by atoms with Crippen molar-refractivity contribution in [3.05, 3.63) is 35.0 Å². The molecule has 0 radical (unpaired) electrons. The van der Waals surface area contributed by atoms with Gasteiger partial charge >= 0.3 is 0 Å². The van der Waals surface area contributed by atoms with Crippen LogP contribution in [-0.2, 0) is 0 Å². The second-order valence-corrected chi connectivity index (χ2v) is 7.60. The Morgan fingerprint density at radius 3 is 2.90 bits per heavy atom. The highest BCUT2D eigenvalue weighted by Crippen LogP contribution is 2.38. The number of hydrogen-bond donors (Lipinski definition) is 4. The number of carbonyl (C=O) groups is 1. The van der Waals surface area contributed by atoms with Gasteiger partial charge in [0.1, 0.15) is 22.3 Å². The van der Waals surface area contributed by atoms with Gasteiger partial charge in [-0.15, -0.1) is 0 Å². The molecule has 9 heteroatoms. The molecule has 5 N–H and O–H groups in total. The molecule has 1 aliphatic carbocycles. The number of furan rings is 1. The summed E-state index contributed by atoms with van der Waals surface area (Å²) in [5.74, 6) is 1.13. The van der Waals surface area contributed by atoms with E-state index < -0.39 is 0 Å². The Morgan fingerprint density at radius 1 is 1.34 bits per heavy atom. The van der Waals surface area contributed by atoms with Crippen LogP contribution in [-0.4, -0.2) is 40.7 Å². The zero-order valence-corrected chi connectivity index (χ0v) is 16.7. The van der Waals surface area contributed by atoms with E-state index in [1.807, 2.05) is 12.1 Å². The van der Waals surface area contributed by atoms with Crippen LogP contribution in [0.1, 0.15) is 29.6 Å². The number of benzene rings is 1. The normalized spacial score (nSPS) is 18.9. The highest BCUT2D eigenvalue weighted by Gasteiger charge is 2.27. The molecule has 2 aromatic heterocycles. The van der Waals surface area contributed by atoms with E-state index in [1.54, 1.807) is 19.2 Å². The Balaban J connectivity index is 1.73. The average molecular weight is 416 g/mol. The van der Waals surface area contributed by atoms with Crippen molar-refractivity contribution in [1.29, 1.82) is 0 Å². The maximum atomic E-state index is 11.9. The molecule has 1 amide bonds. The summed E-state index contributed by atoms with van der Waals surface area (Å²) in [5, 5.41) is 16.4. The van der Waals surface area contributed by atoms with Crippen molar-refractivity contribution < 1.29 is 14.3 Å². The van der Waals surface area contributed by atoms with Crippen LogP contribution in [0.2, 0.25) is 5.15 Å². The molecular formula is C20H22ClN5O3. The minimum Gasteiger partial charge on any atom is -0.456 e. The molecule has 29 heavy (non-hydrogen) atoms. The van der Waals surface area contributed by atoms with Crippen molar-refractivity contribution in [3.63, 3.8) is 0 Å². The van der Waals surface area contributed by atoms with Crippen molar-refractivity contribution in [1.82, 2.24) is 15.3 Å². The largest absolute Gasteiger partial charge is 0.456 e. The average Bonchev–Trinajstić information content (AvgIpc) is 3.32. The first-order valence-electron chi connectivity index (χ1n) is 9.45. The van der Waals surface area contributed by atoms with Crippen molar-refractivity contribution in [2.45, 2.75) is 25.3 Å². The van der Waals surface area contributed by atoms with Gasteiger partial charge in [-0.2, -0.15) is 4.98 Å². The van der Waals surface area contributed by atoms with Crippen LogP contribution in [0.5, 0.6) is 0 Å². The molecule has 4 rings (SSSR count). The first-order chi connectivity index (χ1) is 14.0. The standard InChI is InChI=1S/C20H22ClN5O3/c1-23-19(28)12-4-3-11-7-15(29-14(11)8-12)16-17(21)25-20(22)26-18(16)24-13-5-2-10(6-13)9-27/h3-4,7-8,10,13,27H,2,5-6,9H2,1H3,(H,23,28)(H3,22,24,25,26)/t10-,13+/m1/s1. The summed E-state index contributed by atoms with van der Waals surface area (Å²) < 4.78 is 5.99. The van der Waals surface area contributed by atoms with Gasteiger partial charge in [0, 0.05) is 30.6 Å². The third-order valence-corrected chi connectivity index (χ3v) is 5.55. The molecule has 1 fully saturated rings. The highest BCUT2D eigenvalue weighted by atomic mass is 35.5. The number of nitrogens with two attached hydrogens (primary N) is 1. The van der Waals surface area contributed by atoms with Gasteiger partial charge in [0.25, 0.3) is 5.91 Å². The quantitative estimate of drug-likeness (QED) is 0.471. The van der Waals surface area contributed by atoms with E-state index in [-0.39, 0.29) is 35.6 Å². The van der Waals surface area contributed by atoms with E-state index in [4.69, 9.17) is 21.8 Å². The van der Waals surface area contributed by atoms with Gasteiger partial charge in [-0.3, -0.25) is 4.79 Å². The third kappa shape index (κ3) is 3.86. The van der Waals surface area contributed by atoms with Crippen LogP contribution < -0.4 is 16.4 Å². The number of hydrogen-bond acceptors (Lipinski definition) is 7. The number of aliphatic hydroxyl groups is 1. The number of fused-ring (bicyclic) bond motifs is 1. The van der Waals surface area contributed by atoms with Crippen molar-refractivity contribution in [2.24, 2.45) is 5.92 Å². The Hall–Kier alpha value is -2.84.